The van der Waals surface area contributed by atoms with Crippen LogP contribution in [0, 0.1) is 6.92 Å². The molecule has 0 N–H and O–H groups in total. The monoisotopic (exact) mass is 392 g/mol. The van der Waals surface area contributed by atoms with Crippen LogP contribution in [0.5, 0.6) is 0 Å². The van der Waals surface area contributed by atoms with Gasteiger partial charge in [0.25, 0.3) is 5.56 Å². The van der Waals surface area contributed by atoms with Gasteiger partial charge in [0.05, 0.1) is 0 Å². The van der Waals surface area contributed by atoms with Crippen LogP contribution in [0.4, 0.5) is 0 Å². The fraction of sp³-hybridized carbons (Fsp3) is 0.444. The molecule has 2 heterocycles. The zero-order valence-corrected chi connectivity index (χ0v) is 16.6. The van der Waals surface area contributed by atoms with Crippen LogP contribution in [0.1, 0.15) is 11.1 Å². The molecule has 8 nitrogen and oxygen atoms in total. The molecule has 1 aromatic heterocycles. The van der Waals surface area contributed by atoms with Crippen LogP contribution in [-0.2, 0) is 30.7 Å². The Balaban J connectivity index is 1.76. The van der Waals surface area contributed by atoms with Gasteiger partial charge in [0.2, 0.25) is 10.0 Å². The molecule has 0 aliphatic carbocycles. The number of hydrogen-bond donors (Lipinski definition) is 0. The van der Waals surface area contributed by atoms with Crippen molar-refractivity contribution in [3.05, 3.63) is 62.4 Å². The number of aryl methyl sites for hydroxylation is 2. The number of aromatic nitrogens is 2. The molecule has 1 aliphatic heterocycles. The molecular weight excluding hydrogens is 368 g/mol. The lowest BCUT2D eigenvalue weighted by molar-refractivity contribution is 0.181. The number of sulfonamides is 1. The number of benzene rings is 1. The smallest absolute Gasteiger partial charge is 0.302 e. The second-order valence-electron chi connectivity index (χ2n) is 6.92. The number of rotatable bonds is 4. The molecule has 0 atom stereocenters. The maximum absolute atomic E-state index is 12.9. The Morgan fingerprint density at radius 1 is 1.04 bits per heavy atom. The van der Waals surface area contributed by atoms with Crippen molar-refractivity contribution in [3.8, 4) is 0 Å². The minimum absolute atomic E-state index is 0.306. The Hall–Kier alpha value is -2.23. The molecule has 0 spiro atoms. The van der Waals surface area contributed by atoms with E-state index in [1.165, 1.54) is 29.5 Å². The Bertz CT molecular complexity index is 1060. The molecule has 0 bridgehead atoms. The molecule has 1 aliphatic rings. The first-order valence-corrected chi connectivity index (χ1v) is 10.2. The first-order chi connectivity index (χ1) is 12.7. The van der Waals surface area contributed by atoms with Gasteiger partial charge in [0, 0.05) is 53.0 Å². The van der Waals surface area contributed by atoms with E-state index < -0.39 is 21.3 Å². The lowest BCUT2D eigenvalue weighted by atomic mass is 10.1. The Morgan fingerprint density at radius 3 is 2.33 bits per heavy atom. The third-order valence-corrected chi connectivity index (χ3v) is 6.73. The van der Waals surface area contributed by atoms with Crippen molar-refractivity contribution in [1.29, 1.82) is 0 Å². The van der Waals surface area contributed by atoms with Gasteiger partial charge in [-0.2, -0.15) is 4.31 Å². The fourth-order valence-corrected chi connectivity index (χ4v) is 4.86. The summed E-state index contributed by atoms with van der Waals surface area (Å²) in [6, 6.07) is 8.24. The lowest BCUT2D eigenvalue weighted by Gasteiger charge is -2.33. The third kappa shape index (κ3) is 3.90. The van der Waals surface area contributed by atoms with Gasteiger partial charge in [-0.3, -0.25) is 14.3 Å². The molecule has 0 radical (unpaired) electrons. The van der Waals surface area contributed by atoms with Crippen molar-refractivity contribution in [1.82, 2.24) is 18.3 Å². The highest BCUT2D eigenvalue weighted by atomic mass is 32.2. The van der Waals surface area contributed by atoms with Crippen molar-refractivity contribution in [2.24, 2.45) is 14.1 Å². The van der Waals surface area contributed by atoms with E-state index >= 15 is 0 Å². The van der Waals surface area contributed by atoms with Crippen LogP contribution in [0.2, 0.25) is 0 Å². The summed E-state index contributed by atoms with van der Waals surface area (Å²) >= 11 is 0. The zero-order valence-electron chi connectivity index (χ0n) is 15.8. The maximum Gasteiger partial charge on any atom is 0.330 e. The Labute approximate surface area is 158 Å². The molecule has 1 fully saturated rings. The highest BCUT2D eigenvalue weighted by molar-refractivity contribution is 7.89. The lowest BCUT2D eigenvalue weighted by Crippen LogP contribution is -2.50. The third-order valence-electron chi connectivity index (χ3n) is 4.85. The largest absolute Gasteiger partial charge is 0.330 e. The Kier molecular flexibility index (Phi) is 5.36. The van der Waals surface area contributed by atoms with E-state index in [1.807, 2.05) is 19.1 Å². The molecule has 27 heavy (non-hydrogen) atoms. The molecular formula is C18H24N4O4S. The SMILES string of the molecule is Cc1cccc(CN2CCN(S(=O)(=O)c3cn(C)c(=O)n(C)c3=O)CC2)c1. The van der Waals surface area contributed by atoms with Gasteiger partial charge in [-0.25, -0.2) is 13.2 Å². The van der Waals surface area contributed by atoms with Crippen LogP contribution >= 0.6 is 0 Å². The van der Waals surface area contributed by atoms with Gasteiger partial charge in [0.1, 0.15) is 0 Å². The van der Waals surface area contributed by atoms with Crippen LogP contribution < -0.4 is 11.2 Å². The summed E-state index contributed by atoms with van der Waals surface area (Å²) in [6.45, 7) is 4.58. The van der Waals surface area contributed by atoms with Crippen molar-refractivity contribution in [2.75, 3.05) is 26.2 Å². The number of hydrogen-bond acceptors (Lipinski definition) is 5. The summed E-state index contributed by atoms with van der Waals surface area (Å²) in [5.41, 5.74) is 1.04. The minimum atomic E-state index is -3.94. The number of nitrogens with zero attached hydrogens (tertiary/aromatic N) is 4. The van der Waals surface area contributed by atoms with E-state index in [0.29, 0.717) is 26.2 Å². The normalized spacial score (nSPS) is 16.6. The predicted molar refractivity (Wildman–Crippen MR) is 102 cm³/mol. The van der Waals surface area contributed by atoms with Gasteiger partial charge in [0.15, 0.2) is 4.90 Å². The van der Waals surface area contributed by atoms with E-state index in [0.717, 1.165) is 21.9 Å². The van der Waals surface area contributed by atoms with Gasteiger partial charge >= 0.3 is 5.69 Å². The molecule has 0 unspecified atom stereocenters. The van der Waals surface area contributed by atoms with Gasteiger partial charge in [-0.1, -0.05) is 29.8 Å². The van der Waals surface area contributed by atoms with E-state index in [4.69, 9.17) is 0 Å². The topological polar surface area (TPSA) is 84.6 Å². The second-order valence-corrected chi connectivity index (χ2v) is 8.83. The molecule has 0 saturated carbocycles. The van der Waals surface area contributed by atoms with Gasteiger partial charge < -0.3 is 4.57 Å². The van der Waals surface area contributed by atoms with Crippen molar-refractivity contribution >= 4 is 10.0 Å². The molecule has 146 valence electrons. The predicted octanol–water partition coefficient (Wildman–Crippen LogP) is -0.101. The van der Waals surface area contributed by atoms with Crippen LogP contribution in [0.15, 0.2) is 44.9 Å². The minimum Gasteiger partial charge on any atom is -0.302 e. The van der Waals surface area contributed by atoms with E-state index in [2.05, 4.69) is 17.0 Å². The molecule has 0 amide bonds. The van der Waals surface area contributed by atoms with Gasteiger partial charge in [-0.05, 0) is 12.5 Å². The summed E-state index contributed by atoms with van der Waals surface area (Å²) in [6.07, 6.45) is 1.11. The summed E-state index contributed by atoms with van der Waals surface area (Å²) in [5, 5.41) is 0. The van der Waals surface area contributed by atoms with Crippen LogP contribution in [0.3, 0.4) is 0 Å². The average molecular weight is 392 g/mol. The van der Waals surface area contributed by atoms with Crippen LogP contribution in [0.25, 0.3) is 0 Å². The van der Waals surface area contributed by atoms with Crippen LogP contribution in [-0.4, -0.2) is 52.9 Å². The summed E-state index contributed by atoms with van der Waals surface area (Å²) in [7, 11) is -1.23. The highest BCUT2D eigenvalue weighted by Crippen LogP contribution is 2.16. The first-order valence-electron chi connectivity index (χ1n) is 8.75. The summed E-state index contributed by atoms with van der Waals surface area (Å²) in [5.74, 6) is 0. The highest BCUT2D eigenvalue weighted by Gasteiger charge is 2.31. The molecule has 1 aromatic carbocycles. The quantitative estimate of drug-likeness (QED) is 0.725. The van der Waals surface area contributed by atoms with Gasteiger partial charge in [-0.15, -0.1) is 0 Å². The molecule has 1 saturated heterocycles. The summed E-state index contributed by atoms with van der Waals surface area (Å²) in [4.78, 5) is 25.9. The van der Waals surface area contributed by atoms with E-state index in [1.54, 1.807) is 0 Å². The fourth-order valence-electron chi connectivity index (χ4n) is 3.29. The standard InChI is InChI=1S/C18H24N4O4S/c1-14-5-4-6-15(11-14)12-21-7-9-22(10-8-21)27(25,26)16-13-19(2)18(24)20(3)17(16)23/h4-6,11,13H,7-10,12H2,1-3H3. The second kappa shape index (κ2) is 7.41. The zero-order chi connectivity index (χ0) is 19.8. The summed E-state index contributed by atoms with van der Waals surface area (Å²) < 4.78 is 29.1. The molecule has 9 heteroatoms. The Morgan fingerprint density at radius 2 is 1.70 bits per heavy atom. The maximum atomic E-state index is 12.9. The first kappa shape index (κ1) is 19.5. The van der Waals surface area contributed by atoms with Crippen molar-refractivity contribution < 1.29 is 8.42 Å². The average Bonchev–Trinajstić information content (AvgIpc) is 2.63. The van der Waals surface area contributed by atoms with Crippen molar-refractivity contribution in [2.45, 2.75) is 18.4 Å². The van der Waals surface area contributed by atoms with E-state index in [9.17, 15) is 18.0 Å². The van der Waals surface area contributed by atoms with E-state index in [-0.39, 0.29) is 4.90 Å². The molecule has 3 rings (SSSR count). The van der Waals surface area contributed by atoms with Crippen molar-refractivity contribution in [3.63, 3.8) is 0 Å². The number of piperazine rings is 1. The molecule has 2 aromatic rings.